The van der Waals surface area contributed by atoms with Crippen LogP contribution in [0.3, 0.4) is 0 Å². The van der Waals surface area contributed by atoms with Crippen LogP contribution in [0.1, 0.15) is 32.0 Å². The van der Waals surface area contributed by atoms with Crippen molar-refractivity contribution in [2.75, 3.05) is 0 Å². The second-order valence-corrected chi connectivity index (χ2v) is 7.97. The van der Waals surface area contributed by atoms with Crippen molar-refractivity contribution in [2.24, 2.45) is 0 Å². The second-order valence-electron chi connectivity index (χ2n) is 7.12. The molecule has 0 aliphatic rings. The molecular formula is C21H21NO3S. The van der Waals surface area contributed by atoms with Crippen LogP contribution in [-0.2, 0) is 16.6 Å². The van der Waals surface area contributed by atoms with E-state index in [4.69, 9.17) is 9.84 Å². The number of benzene rings is 2. The molecule has 0 bridgehead atoms. The van der Waals surface area contributed by atoms with Gasteiger partial charge >= 0.3 is 5.97 Å². The maximum Gasteiger partial charge on any atom is 0.309 e. The summed E-state index contributed by atoms with van der Waals surface area (Å²) in [4.78, 5) is 15.1. The minimum Gasteiger partial charge on any atom is -0.481 e. The van der Waals surface area contributed by atoms with Crippen LogP contribution < -0.4 is 4.74 Å². The summed E-state index contributed by atoms with van der Waals surface area (Å²) in [5.41, 5.74) is 2.91. The first kappa shape index (κ1) is 18.1. The van der Waals surface area contributed by atoms with Gasteiger partial charge in [-0.2, -0.15) is 0 Å². The van der Waals surface area contributed by atoms with Crippen LogP contribution in [0.4, 0.5) is 0 Å². The number of carboxylic acids is 1. The zero-order chi connectivity index (χ0) is 18.7. The Morgan fingerprint density at radius 3 is 2.15 bits per heavy atom. The SMILES string of the molecule is CC(C)(C)c1ccc(Oc2ccc(-c3nc(CC(=O)O)cs3)cc2)cc1. The predicted octanol–water partition coefficient (Wildman–Crippen LogP) is 5.53. The molecule has 0 aliphatic carbocycles. The van der Waals surface area contributed by atoms with Gasteiger partial charge < -0.3 is 9.84 Å². The monoisotopic (exact) mass is 367 g/mol. The van der Waals surface area contributed by atoms with Gasteiger partial charge in [-0.1, -0.05) is 32.9 Å². The van der Waals surface area contributed by atoms with Crippen molar-refractivity contribution >= 4 is 17.3 Å². The molecule has 1 aromatic heterocycles. The van der Waals surface area contributed by atoms with E-state index in [9.17, 15) is 4.79 Å². The summed E-state index contributed by atoms with van der Waals surface area (Å²) in [5, 5.41) is 11.4. The molecule has 134 valence electrons. The van der Waals surface area contributed by atoms with Crippen molar-refractivity contribution in [2.45, 2.75) is 32.6 Å². The van der Waals surface area contributed by atoms with Gasteiger partial charge in [-0.3, -0.25) is 4.79 Å². The summed E-state index contributed by atoms with van der Waals surface area (Å²) in [6.45, 7) is 6.55. The summed E-state index contributed by atoms with van der Waals surface area (Å²) < 4.78 is 5.90. The molecule has 1 N–H and O–H groups in total. The number of nitrogens with zero attached hydrogens (tertiary/aromatic N) is 1. The third kappa shape index (κ3) is 4.49. The third-order valence-corrected chi connectivity index (χ3v) is 4.88. The number of aliphatic carboxylic acids is 1. The van der Waals surface area contributed by atoms with Gasteiger partial charge in [0.05, 0.1) is 12.1 Å². The minimum absolute atomic E-state index is 0.0533. The molecule has 0 saturated carbocycles. The van der Waals surface area contributed by atoms with Crippen LogP contribution in [0.15, 0.2) is 53.9 Å². The van der Waals surface area contributed by atoms with Gasteiger partial charge in [-0.05, 0) is 47.4 Å². The summed E-state index contributed by atoms with van der Waals surface area (Å²) >= 11 is 1.44. The van der Waals surface area contributed by atoms with E-state index in [2.05, 4.69) is 37.9 Å². The lowest BCUT2D eigenvalue weighted by Gasteiger charge is -2.19. The van der Waals surface area contributed by atoms with Crippen molar-refractivity contribution in [3.8, 4) is 22.1 Å². The first-order chi connectivity index (χ1) is 12.3. The molecule has 0 saturated heterocycles. The van der Waals surface area contributed by atoms with Crippen molar-refractivity contribution in [1.29, 1.82) is 0 Å². The number of ether oxygens (including phenoxy) is 1. The fourth-order valence-corrected chi connectivity index (χ4v) is 3.33. The molecule has 4 nitrogen and oxygen atoms in total. The number of carbonyl (C=O) groups is 1. The maximum atomic E-state index is 10.8. The molecule has 0 radical (unpaired) electrons. The molecule has 5 heteroatoms. The number of carboxylic acid groups (broad SMARTS) is 1. The Kier molecular flexibility index (Phi) is 5.09. The molecule has 0 atom stereocenters. The zero-order valence-electron chi connectivity index (χ0n) is 15.0. The number of aromatic nitrogens is 1. The Balaban J connectivity index is 1.69. The van der Waals surface area contributed by atoms with Gasteiger partial charge in [0.2, 0.25) is 0 Å². The van der Waals surface area contributed by atoms with Crippen LogP contribution >= 0.6 is 11.3 Å². The van der Waals surface area contributed by atoms with Crippen LogP contribution in [-0.4, -0.2) is 16.1 Å². The topological polar surface area (TPSA) is 59.4 Å². The fourth-order valence-electron chi connectivity index (χ4n) is 2.50. The average molecular weight is 367 g/mol. The third-order valence-electron chi connectivity index (χ3n) is 3.94. The average Bonchev–Trinajstić information content (AvgIpc) is 3.03. The molecule has 0 aliphatic heterocycles. The van der Waals surface area contributed by atoms with E-state index in [1.54, 1.807) is 5.38 Å². The first-order valence-corrected chi connectivity index (χ1v) is 9.24. The fraction of sp³-hybridized carbons (Fsp3) is 0.238. The maximum absolute atomic E-state index is 10.8. The van der Waals surface area contributed by atoms with E-state index in [1.165, 1.54) is 16.9 Å². The highest BCUT2D eigenvalue weighted by Gasteiger charge is 2.13. The van der Waals surface area contributed by atoms with E-state index in [-0.39, 0.29) is 11.8 Å². The van der Waals surface area contributed by atoms with Crippen molar-refractivity contribution in [1.82, 2.24) is 4.98 Å². The zero-order valence-corrected chi connectivity index (χ0v) is 15.8. The normalized spacial score (nSPS) is 11.3. The minimum atomic E-state index is -0.872. The number of thiazole rings is 1. The molecule has 3 rings (SSSR count). The van der Waals surface area contributed by atoms with E-state index < -0.39 is 5.97 Å². The molecule has 0 spiro atoms. The molecule has 1 heterocycles. The van der Waals surface area contributed by atoms with E-state index >= 15 is 0 Å². The Morgan fingerprint density at radius 1 is 1.04 bits per heavy atom. The smallest absolute Gasteiger partial charge is 0.309 e. The largest absolute Gasteiger partial charge is 0.481 e. The molecule has 0 unspecified atom stereocenters. The van der Waals surface area contributed by atoms with E-state index in [0.29, 0.717) is 5.69 Å². The van der Waals surface area contributed by atoms with Gasteiger partial charge in [0.1, 0.15) is 16.5 Å². The van der Waals surface area contributed by atoms with Crippen LogP contribution in [0.2, 0.25) is 0 Å². The van der Waals surface area contributed by atoms with Gasteiger partial charge in [0.25, 0.3) is 0 Å². The van der Waals surface area contributed by atoms with Crippen molar-refractivity contribution in [3.63, 3.8) is 0 Å². The van der Waals surface area contributed by atoms with Crippen LogP contribution in [0.5, 0.6) is 11.5 Å². The molecule has 0 amide bonds. The lowest BCUT2D eigenvalue weighted by molar-refractivity contribution is -0.136. The molecule has 2 aromatic carbocycles. The summed E-state index contributed by atoms with van der Waals surface area (Å²) in [6, 6.07) is 15.8. The molecule has 0 fully saturated rings. The van der Waals surface area contributed by atoms with Crippen molar-refractivity contribution < 1.29 is 14.6 Å². The Morgan fingerprint density at radius 2 is 1.62 bits per heavy atom. The van der Waals surface area contributed by atoms with Crippen molar-refractivity contribution in [3.05, 3.63) is 65.2 Å². The van der Waals surface area contributed by atoms with Gasteiger partial charge in [0.15, 0.2) is 0 Å². The molecule has 3 aromatic rings. The Bertz CT molecular complexity index is 890. The number of rotatable bonds is 5. The number of hydrogen-bond acceptors (Lipinski definition) is 4. The quantitative estimate of drug-likeness (QED) is 0.644. The lowest BCUT2D eigenvalue weighted by atomic mass is 9.87. The van der Waals surface area contributed by atoms with Gasteiger partial charge in [-0.25, -0.2) is 4.98 Å². The summed E-state index contributed by atoms with van der Waals surface area (Å²) in [5.74, 6) is 0.673. The molecular weight excluding hydrogens is 346 g/mol. The lowest BCUT2D eigenvalue weighted by Crippen LogP contribution is -2.10. The Hall–Kier alpha value is -2.66. The van der Waals surface area contributed by atoms with Crippen LogP contribution in [0.25, 0.3) is 10.6 Å². The second kappa shape index (κ2) is 7.30. The summed E-state index contributed by atoms with van der Waals surface area (Å²) in [6.07, 6.45) is -0.0533. The Labute approximate surface area is 157 Å². The van der Waals surface area contributed by atoms with Gasteiger partial charge in [0, 0.05) is 10.9 Å². The van der Waals surface area contributed by atoms with E-state index in [0.717, 1.165) is 22.1 Å². The molecule has 26 heavy (non-hydrogen) atoms. The van der Waals surface area contributed by atoms with Gasteiger partial charge in [-0.15, -0.1) is 11.3 Å². The number of hydrogen-bond donors (Lipinski definition) is 1. The van der Waals surface area contributed by atoms with E-state index in [1.807, 2.05) is 36.4 Å². The summed E-state index contributed by atoms with van der Waals surface area (Å²) in [7, 11) is 0. The highest BCUT2D eigenvalue weighted by Crippen LogP contribution is 2.29. The highest BCUT2D eigenvalue weighted by molar-refractivity contribution is 7.13. The highest BCUT2D eigenvalue weighted by atomic mass is 32.1. The predicted molar refractivity (Wildman–Crippen MR) is 104 cm³/mol. The standard InChI is InChI=1S/C21H21NO3S/c1-21(2,3)15-6-10-18(11-7-15)25-17-8-4-14(5-9-17)20-22-16(13-26-20)12-19(23)24/h4-11,13H,12H2,1-3H3,(H,23,24). The first-order valence-electron chi connectivity index (χ1n) is 8.36. The van der Waals surface area contributed by atoms with Crippen LogP contribution in [0, 0.1) is 0 Å².